The van der Waals surface area contributed by atoms with Gasteiger partial charge in [0, 0.05) is 35.6 Å². The number of ketones is 1. The van der Waals surface area contributed by atoms with Gasteiger partial charge >= 0.3 is 0 Å². The number of aromatic amines is 1. The summed E-state index contributed by atoms with van der Waals surface area (Å²) < 4.78 is 28.0. The van der Waals surface area contributed by atoms with Crippen LogP contribution in [-0.2, 0) is 16.4 Å². The fraction of sp³-hybridized carbons (Fsp3) is 0.348. The highest BCUT2D eigenvalue weighted by Gasteiger charge is 2.34. The minimum Gasteiger partial charge on any atom is -0.358 e. The van der Waals surface area contributed by atoms with E-state index in [1.165, 1.54) is 4.31 Å². The number of rotatable bonds is 3. The molecule has 0 spiro atoms. The molecule has 0 saturated carbocycles. The number of carbonyl (C=O) groups excluding carboxylic acids is 1. The van der Waals surface area contributed by atoms with Crippen molar-refractivity contribution in [3.8, 4) is 0 Å². The fourth-order valence-corrected chi connectivity index (χ4v) is 5.71. The standard InChI is InChI=1S/C23H26N2O3S/c1-14-7-6-8-16(9-14)25(5)29(27,28)21-11-18-17(10-15(21)2)22-19(24-18)12-23(3,4)13-20(22)26/h6-11,24H,12-13H2,1-5H3. The molecule has 0 unspecified atom stereocenters. The average Bonchev–Trinajstić information content (AvgIpc) is 2.96. The molecule has 0 radical (unpaired) electrons. The van der Waals surface area contributed by atoms with E-state index in [0.29, 0.717) is 23.2 Å². The summed E-state index contributed by atoms with van der Waals surface area (Å²) in [5.41, 5.74) is 4.47. The molecule has 29 heavy (non-hydrogen) atoms. The number of aromatic nitrogens is 1. The molecule has 152 valence electrons. The van der Waals surface area contributed by atoms with Crippen LogP contribution in [0.3, 0.4) is 0 Å². The second-order valence-corrected chi connectivity index (χ2v) is 10.8. The maximum absolute atomic E-state index is 13.4. The second kappa shape index (κ2) is 6.46. The van der Waals surface area contributed by atoms with E-state index in [4.69, 9.17) is 0 Å². The molecule has 1 aliphatic carbocycles. The Bertz CT molecular complexity index is 1250. The average molecular weight is 411 g/mol. The van der Waals surface area contributed by atoms with Gasteiger partial charge in [0.1, 0.15) is 0 Å². The van der Waals surface area contributed by atoms with Gasteiger partial charge in [0.15, 0.2) is 5.78 Å². The van der Waals surface area contributed by atoms with Gasteiger partial charge in [-0.2, -0.15) is 0 Å². The molecule has 5 nitrogen and oxygen atoms in total. The summed E-state index contributed by atoms with van der Waals surface area (Å²) in [5, 5.41) is 0.815. The first kappa shape index (κ1) is 19.7. The van der Waals surface area contributed by atoms with E-state index in [0.717, 1.165) is 28.6 Å². The quantitative estimate of drug-likeness (QED) is 0.676. The van der Waals surface area contributed by atoms with Crippen LogP contribution in [0.2, 0.25) is 0 Å². The molecule has 6 heteroatoms. The first-order valence-electron chi connectivity index (χ1n) is 9.74. The molecule has 1 heterocycles. The molecule has 0 aliphatic heterocycles. The predicted molar refractivity (Wildman–Crippen MR) is 116 cm³/mol. The number of aryl methyl sites for hydroxylation is 2. The van der Waals surface area contributed by atoms with Crippen LogP contribution in [0, 0.1) is 19.3 Å². The van der Waals surface area contributed by atoms with Gasteiger partial charge in [0.2, 0.25) is 0 Å². The lowest BCUT2D eigenvalue weighted by Gasteiger charge is -2.28. The zero-order valence-electron chi connectivity index (χ0n) is 17.5. The fourth-order valence-electron chi connectivity index (χ4n) is 4.29. The van der Waals surface area contributed by atoms with Gasteiger partial charge in [-0.25, -0.2) is 8.42 Å². The molecule has 0 bridgehead atoms. The third-order valence-electron chi connectivity index (χ3n) is 5.75. The number of fused-ring (bicyclic) bond motifs is 3. The Kier molecular flexibility index (Phi) is 4.39. The molecule has 0 amide bonds. The molecule has 2 aromatic carbocycles. The molecule has 0 saturated heterocycles. The predicted octanol–water partition coefficient (Wildman–Crippen LogP) is 4.76. The highest BCUT2D eigenvalue weighted by atomic mass is 32.2. The largest absolute Gasteiger partial charge is 0.358 e. The lowest BCUT2D eigenvalue weighted by atomic mass is 9.76. The SMILES string of the molecule is Cc1cccc(N(C)S(=O)(=O)c2cc3[nH]c4c(c3cc2C)C(=O)CC(C)(C)C4)c1. The van der Waals surface area contributed by atoms with E-state index in [2.05, 4.69) is 18.8 Å². The monoisotopic (exact) mass is 410 g/mol. The summed E-state index contributed by atoms with van der Waals surface area (Å²) in [6.45, 7) is 7.88. The number of anilines is 1. The van der Waals surface area contributed by atoms with Crippen molar-refractivity contribution in [2.45, 2.75) is 45.4 Å². The molecular formula is C23H26N2O3S. The highest BCUT2D eigenvalue weighted by molar-refractivity contribution is 7.92. The van der Waals surface area contributed by atoms with Gasteiger partial charge in [-0.15, -0.1) is 0 Å². The van der Waals surface area contributed by atoms with Crippen LogP contribution in [0.4, 0.5) is 5.69 Å². The van der Waals surface area contributed by atoms with Crippen LogP contribution >= 0.6 is 0 Å². The number of nitrogens with one attached hydrogen (secondary N) is 1. The Balaban J connectivity index is 1.85. The van der Waals surface area contributed by atoms with Gasteiger partial charge in [0.25, 0.3) is 10.0 Å². The van der Waals surface area contributed by atoms with Crippen LogP contribution < -0.4 is 4.31 Å². The van der Waals surface area contributed by atoms with Crippen LogP contribution in [0.25, 0.3) is 10.9 Å². The van der Waals surface area contributed by atoms with Crippen molar-refractivity contribution in [3.05, 3.63) is 58.8 Å². The number of hydrogen-bond donors (Lipinski definition) is 1. The summed E-state index contributed by atoms with van der Waals surface area (Å²) in [5.74, 6) is 0.120. The number of hydrogen-bond acceptors (Lipinski definition) is 3. The zero-order valence-corrected chi connectivity index (χ0v) is 18.3. The summed E-state index contributed by atoms with van der Waals surface area (Å²) >= 11 is 0. The van der Waals surface area contributed by atoms with Crippen molar-refractivity contribution in [3.63, 3.8) is 0 Å². The topological polar surface area (TPSA) is 70.2 Å². The van der Waals surface area contributed by atoms with Gasteiger partial charge in [-0.05, 0) is 61.1 Å². The minimum absolute atomic E-state index is 0.0969. The molecular weight excluding hydrogens is 384 g/mol. The molecule has 1 N–H and O–H groups in total. The van der Waals surface area contributed by atoms with Crippen molar-refractivity contribution >= 4 is 32.4 Å². The zero-order chi connectivity index (χ0) is 21.1. The lowest BCUT2D eigenvalue weighted by Crippen LogP contribution is -2.27. The van der Waals surface area contributed by atoms with E-state index < -0.39 is 10.0 Å². The first-order valence-corrected chi connectivity index (χ1v) is 11.2. The summed E-state index contributed by atoms with van der Waals surface area (Å²) in [7, 11) is -2.17. The Morgan fingerprint density at radius 3 is 2.48 bits per heavy atom. The number of carbonyl (C=O) groups is 1. The number of Topliss-reactive ketones (excluding diaryl/α,β-unsaturated/α-hetero) is 1. The number of sulfonamides is 1. The van der Waals surface area contributed by atoms with Gasteiger partial charge in [-0.3, -0.25) is 9.10 Å². The number of H-pyrrole nitrogens is 1. The van der Waals surface area contributed by atoms with E-state index in [-0.39, 0.29) is 16.1 Å². The summed E-state index contributed by atoms with van der Waals surface area (Å²) in [4.78, 5) is 16.3. The van der Waals surface area contributed by atoms with E-state index in [1.807, 2.05) is 31.2 Å². The molecule has 1 aliphatic rings. The van der Waals surface area contributed by atoms with Crippen molar-refractivity contribution in [1.29, 1.82) is 0 Å². The van der Waals surface area contributed by atoms with Crippen LogP contribution in [0.5, 0.6) is 0 Å². The van der Waals surface area contributed by atoms with Gasteiger partial charge in [-0.1, -0.05) is 26.0 Å². The smallest absolute Gasteiger partial charge is 0.264 e. The minimum atomic E-state index is -3.74. The molecule has 0 atom stereocenters. The molecule has 0 fully saturated rings. The third kappa shape index (κ3) is 3.25. The number of nitrogens with zero attached hydrogens (tertiary/aromatic N) is 1. The summed E-state index contributed by atoms with van der Waals surface area (Å²) in [6.07, 6.45) is 1.27. The summed E-state index contributed by atoms with van der Waals surface area (Å²) in [6, 6.07) is 10.9. The van der Waals surface area contributed by atoms with Crippen LogP contribution in [0.15, 0.2) is 41.3 Å². The Morgan fingerprint density at radius 2 is 1.79 bits per heavy atom. The molecule has 3 aromatic rings. The van der Waals surface area contributed by atoms with Crippen molar-refractivity contribution in [2.75, 3.05) is 11.4 Å². The Hall–Kier alpha value is -2.60. The van der Waals surface area contributed by atoms with E-state index in [1.54, 1.807) is 26.1 Å². The molecule has 1 aromatic heterocycles. The van der Waals surface area contributed by atoms with Crippen molar-refractivity contribution in [2.24, 2.45) is 5.41 Å². The lowest BCUT2D eigenvalue weighted by molar-refractivity contribution is 0.0913. The van der Waals surface area contributed by atoms with Crippen molar-refractivity contribution in [1.82, 2.24) is 4.98 Å². The Labute approximate surface area is 171 Å². The normalized spacial score (nSPS) is 16.1. The van der Waals surface area contributed by atoms with Crippen LogP contribution in [0.1, 0.15) is 47.4 Å². The Morgan fingerprint density at radius 1 is 1.07 bits per heavy atom. The number of benzene rings is 2. The first-order chi connectivity index (χ1) is 13.5. The highest BCUT2D eigenvalue weighted by Crippen LogP contribution is 2.39. The van der Waals surface area contributed by atoms with E-state index >= 15 is 0 Å². The maximum Gasteiger partial charge on any atom is 0.264 e. The third-order valence-corrected chi connectivity index (χ3v) is 7.68. The molecule has 4 rings (SSSR count). The second-order valence-electron chi connectivity index (χ2n) is 8.89. The van der Waals surface area contributed by atoms with Gasteiger partial charge < -0.3 is 4.98 Å². The van der Waals surface area contributed by atoms with Crippen LogP contribution in [-0.4, -0.2) is 26.2 Å². The van der Waals surface area contributed by atoms with Gasteiger partial charge in [0.05, 0.1) is 10.6 Å². The maximum atomic E-state index is 13.4. The van der Waals surface area contributed by atoms with E-state index in [9.17, 15) is 13.2 Å². The van der Waals surface area contributed by atoms with Crippen molar-refractivity contribution < 1.29 is 13.2 Å².